The molecule has 15 heavy (non-hydrogen) atoms. The topological polar surface area (TPSA) is 61.4 Å². The molecule has 0 atom stereocenters. The molecule has 0 spiro atoms. The first-order valence-corrected chi connectivity index (χ1v) is 5.70. The van der Waals surface area contributed by atoms with Crippen molar-refractivity contribution >= 4 is 5.91 Å². The molecule has 4 nitrogen and oxygen atoms in total. The number of carbonyl (C=O) groups is 1. The maximum absolute atomic E-state index is 11.3. The molecule has 88 valence electrons. The van der Waals surface area contributed by atoms with Crippen LogP contribution in [-0.4, -0.2) is 35.7 Å². The second-order valence-corrected chi connectivity index (χ2v) is 4.90. The summed E-state index contributed by atoms with van der Waals surface area (Å²) < 4.78 is 0. The van der Waals surface area contributed by atoms with Gasteiger partial charge < -0.3 is 15.7 Å². The highest BCUT2D eigenvalue weighted by molar-refractivity contribution is 5.76. The number of rotatable bonds is 7. The van der Waals surface area contributed by atoms with Crippen LogP contribution in [0.4, 0.5) is 0 Å². The van der Waals surface area contributed by atoms with Crippen LogP contribution in [-0.2, 0) is 4.79 Å². The van der Waals surface area contributed by atoms with E-state index in [9.17, 15) is 9.90 Å². The summed E-state index contributed by atoms with van der Waals surface area (Å²) in [6.07, 6.45) is 3.51. The van der Waals surface area contributed by atoms with Crippen LogP contribution in [0.25, 0.3) is 0 Å². The fourth-order valence-corrected chi connectivity index (χ4v) is 1.25. The van der Waals surface area contributed by atoms with E-state index in [-0.39, 0.29) is 5.91 Å². The van der Waals surface area contributed by atoms with E-state index in [0.29, 0.717) is 25.4 Å². The van der Waals surface area contributed by atoms with Gasteiger partial charge in [0.15, 0.2) is 0 Å². The quantitative estimate of drug-likeness (QED) is 0.538. The van der Waals surface area contributed by atoms with E-state index in [2.05, 4.69) is 10.6 Å². The second kappa shape index (κ2) is 5.47. The van der Waals surface area contributed by atoms with Crippen molar-refractivity contribution in [2.45, 2.75) is 51.2 Å². The van der Waals surface area contributed by atoms with Crippen LogP contribution in [0.3, 0.4) is 0 Å². The van der Waals surface area contributed by atoms with Crippen LogP contribution < -0.4 is 10.6 Å². The molecule has 1 fully saturated rings. The van der Waals surface area contributed by atoms with Crippen LogP contribution in [0.1, 0.15) is 39.5 Å². The van der Waals surface area contributed by atoms with E-state index >= 15 is 0 Å². The zero-order valence-electron chi connectivity index (χ0n) is 9.68. The van der Waals surface area contributed by atoms with Gasteiger partial charge >= 0.3 is 0 Å². The van der Waals surface area contributed by atoms with Crippen LogP contribution in [0.5, 0.6) is 0 Å². The van der Waals surface area contributed by atoms with Gasteiger partial charge in [-0.1, -0.05) is 0 Å². The summed E-state index contributed by atoms with van der Waals surface area (Å²) in [7, 11) is 0. The smallest absolute Gasteiger partial charge is 0.221 e. The van der Waals surface area contributed by atoms with Gasteiger partial charge in [0.1, 0.15) is 0 Å². The van der Waals surface area contributed by atoms with E-state index in [1.807, 2.05) is 0 Å². The van der Waals surface area contributed by atoms with Crippen molar-refractivity contribution in [3.8, 4) is 0 Å². The van der Waals surface area contributed by atoms with E-state index in [0.717, 1.165) is 19.4 Å². The first kappa shape index (κ1) is 12.5. The lowest BCUT2D eigenvalue weighted by molar-refractivity contribution is -0.121. The summed E-state index contributed by atoms with van der Waals surface area (Å²) in [5.74, 6) is 0.133. The average Bonchev–Trinajstić information content (AvgIpc) is 2.85. The van der Waals surface area contributed by atoms with Crippen LogP contribution in [0.15, 0.2) is 0 Å². The van der Waals surface area contributed by atoms with E-state index in [1.54, 1.807) is 13.8 Å². The minimum absolute atomic E-state index is 0.133. The Morgan fingerprint density at radius 2 is 2.07 bits per heavy atom. The molecule has 1 rings (SSSR count). The molecule has 0 aromatic rings. The largest absolute Gasteiger partial charge is 0.390 e. The molecule has 0 unspecified atom stereocenters. The number of aliphatic hydroxyl groups is 1. The number of amides is 1. The summed E-state index contributed by atoms with van der Waals surface area (Å²) in [6, 6.07) is 0.453. The SMILES string of the molecule is CC(C)(O)CCNCCC(=O)NC1CC1. The third-order valence-corrected chi connectivity index (χ3v) is 2.38. The van der Waals surface area contributed by atoms with Gasteiger partial charge in [-0.05, 0) is 39.7 Å². The summed E-state index contributed by atoms with van der Waals surface area (Å²) in [4.78, 5) is 11.3. The Labute approximate surface area is 91.4 Å². The summed E-state index contributed by atoms with van der Waals surface area (Å²) >= 11 is 0. The number of nitrogens with one attached hydrogen (secondary N) is 2. The molecule has 0 bridgehead atoms. The van der Waals surface area contributed by atoms with Crippen molar-refractivity contribution < 1.29 is 9.90 Å². The zero-order chi connectivity index (χ0) is 11.3. The van der Waals surface area contributed by atoms with E-state index < -0.39 is 5.60 Å². The summed E-state index contributed by atoms with van der Waals surface area (Å²) in [5, 5.41) is 15.5. The third kappa shape index (κ3) is 7.33. The summed E-state index contributed by atoms with van der Waals surface area (Å²) in [5.41, 5.74) is -0.622. The molecular formula is C11H22N2O2. The Morgan fingerprint density at radius 3 is 2.60 bits per heavy atom. The van der Waals surface area contributed by atoms with Gasteiger partial charge in [-0.2, -0.15) is 0 Å². The van der Waals surface area contributed by atoms with Gasteiger partial charge in [0.05, 0.1) is 5.60 Å². The molecule has 0 radical (unpaired) electrons. The molecule has 1 saturated carbocycles. The fraction of sp³-hybridized carbons (Fsp3) is 0.909. The molecule has 4 heteroatoms. The van der Waals surface area contributed by atoms with E-state index in [4.69, 9.17) is 0 Å². The minimum atomic E-state index is -0.622. The highest BCUT2D eigenvalue weighted by atomic mass is 16.3. The first-order valence-electron chi connectivity index (χ1n) is 5.70. The Bertz CT molecular complexity index is 207. The van der Waals surface area contributed by atoms with Gasteiger partial charge in [-0.15, -0.1) is 0 Å². The number of carbonyl (C=O) groups excluding carboxylic acids is 1. The Morgan fingerprint density at radius 1 is 1.40 bits per heavy atom. The lowest BCUT2D eigenvalue weighted by Gasteiger charge is -2.16. The molecule has 0 aliphatic heterocycles. The highest BCUT2D eigenvalue weighted by Gasteiger charge is 2.22. The Kier molecular flexibility index (Phi) is 4.54. The Balaban J connectivity index is 1.89. The molecule has 1 aliphatic rings. The summed E-state index contributed by atoms with van der Waals surface area (Å²) in [6.45, 7) is 5.01. The number of hydrogen-bond acceptors (Lipinski definition) is 3. The molecule has 1 amide bonds. The van der Waals surface area contributed by atoms with Crippen LogP contribution >= 0.6 is 0 Å². The van der Waals surface area contributed by atoms with Gasteiger partial charge in [0, 0.05) is 19.0 Å². The predicted octanol–water partition coefficient (Wildman–Crippen LogP) is 0.406. The van der Waals surface area contributed by atoms with Crippen molar-refractivity contribution in [1.82, 2.24) is 10.6 Å². The monoisotopic (exact) mass is 214 g/mol. The zero-order valence-corrected chi connectivity index (χ0v) is 9.68. The van der Waals surface area contributed by atoms with Crippen molar-refractivity contribution in [3.05, 3.63) is 0 Å². The average molecular weight is 214 g/mol. The lowest BCUT2D eigenvalue weighted by Crippen LogP contribution is -2.31. The number of hydrogen-bond donors (Lipinski definition) is 3. The normalized spacial score (nSPS) is 16.5. The van der Waals surface area contributed by atoms with Gasteiger partial charge in [-0.25, -0.2) is 0 Å². The van der Waals surface area contributed by atoms with Crippen LogP contribution in [0, 0.1) is 0 Å². The molecule has 0 aromatic carbocycles. The van der Waals surface area contributed by atoms with E-state index in [1.165, 1.54) is 0 Å². The molecule has 0 aromatic heterocycles. The van der Waals surface area contributed by atoms with Crippen LogP contribution in [0.2, 0.25) is 0 Å². The first-order chi connectivity index (χ1) is 6.97. The maximum Gasteiger partial charge on any atom is 0.221 e. The van der Waals surface area contributed by atoms with Gasteiger partial charge in [0.2, 0.25) is 5.91 Å². The molecule has 3 N–H and O–H groups in total. The predicted molar refractivity (Wildman–Crippen MR) is 59.6 cm³/mol. The second-order valence-electron chi connectivity index (χ2n) is 4.90. The van der Waals surface area contributed by atoms with Crippen molar-refractivity contribution in [2.75, 3.05) is 13.1 Å². The molecule has 1 aliphatic carbocycles. The maximum atomic E-state index is 11.3. The van der Waals surface area contributed by atoms with Crippen molar-refractivity contribution in [2.24, 2.45) is 0 Å². The van der Waals surface area contributed by atoms with Gasteiger partial charge in [0.25, 0.3) is 0 Å². The minimum Gasteiger partial charge on any atom is -0.390 e. The lowest BCUT2D eigenvalue weighted by atomic mass is 10.1. The van der Waals surface area contributed by atoms with Gasteiger partial charge in [-0.3, -0.25) is 4.79 Å². The standard InChI is InChI=1S/C11H22N2O2/c1-11(2,15)6-8-12-7-5-10(14)13-9-3-4-9/h9,12,15H,3-8H2,1-2H3,(H,13,14). The fourth-order valence-electron chi connectivity index (χ4n) is 1.25. The molecular weight excluding hydrogens is 192 g/mol. The van der Waals surface area contributed by atoms with Crippen molar-refractivity contribution in [3.63, 3.8) is 0 Å². The van der Waals surface area contributed by atoms with Crippen molar-refractivity contribution in [1.29, 1.82) is 0 Å². The molecule has 0 heterocycles. The Hall–Kier alpha value is -0.610. The molecule has 0 saturated heterocycles. The highest BCUT2D eigenvalue weighted by Crippen LogP contribution is 2.18. The third-order valence-electron chi connectivity index (χ3n) is 2.38.